The average Bonchev–Trinajstić information content (AvgIpc) is 1.60. The van der Waals surface area contributed by atoms with E-state index < -0.39 is 14.8 Å². The second-order valence-corrected chi connectivity index (χ2v) is 54.5. The van der Waals surface area contributed by atoms with Crippen molar-refractivity contribution in [2.24, 2.45) is 0 Å². The van der Waals surface area contributed by atoms with Crippen LogP contribution in [0.25, 0.3) is 88.2 Å². The van der Waals surface area contributed by atoms with Crippen LogP contribution in [0.3, 0.4) is 0 Å². The number of nitro groups is 4. The van der Waals surface area contributed by atoms with E-state index in [0.29, 0.717) is 73.6 Å². The number of fused-ring (bicyclic) bond motifs is 6. The molecule has 0 saturated carbocycles. The first-order valence-electron chi connectivity index (χ1n) is 45.7. The number of hydrogen-bond donors (Lipinski definition) is 3. The van der Waals surface area contributed by atoms with E-state index >= 15 is 0 Å². The van der Waals surface area contributed by atoms with Gasteiger partial charge >= 0.3 is 0 Å². The Morgan fingerprint density at radius 1 is 0.452 bits per heavy atom. The Balaban J connectivity index is 0.000000264. The smallest absolute Gasteiger partial charge is 0.270 e. The van der Waals surface area contributed by atoms with Crippen molar-refractivity contribution < 1.29 is 52.6 Å². The standard InChI is InChI=1S/C23H22N4O3.C23H24N4O.C18H12ClN3O3.C16H11N3O2.C9H8N2O2.C9H9N.C2H3I3.C2H4I2.C2H5I.C2H4I.C2H6.CH4.V/c1-16-23(22(28)15-25-11-3-2-4-12-25)20-13-19(27(29)30)9-10-21(20)26(16)18-7-5-17(14-24)6-8-18;1-16-23(22(28)15-26-11-3-2-4-12-26)20-13-18(25)7-10-21(20)27(16)19-8-5-17(14-24)6-9-19;1-11-18(17(23)9-19)15-8-14(22(24)25)6-7-16(15)21(11)13-4-2-12(10-20)3-5-13;1-11-8-13-9-15(19(20)21)6-7-16(13)18(11)14-4-2-12(10-17)3-5-14;1-6-4-7-5-8(11(12)13)2-3-9(7)10-6;1-7-6-8-4-2-3-5-9(8)10-7;1-2(3,4)5;1-2(3)4;2*1-2-3;1-2;;/h5-10,13H,2-4,11-12,15H2,1H3;5-10,13H,2-4,11-12,15,25H2,1H3;2-8H,9H2,1H3;2-9H,1H3;2-5,10H,1H3;2-6,10H,1H3;1H3;2H,1H3;2H2,1H3;2H,1H3;1-2H3;1H4;/q;;;;;;;;;-1;;;. The fourth-order valence-corrected chi connectivity index (χ4v) is 16.7. The van der Waals surface area contributed by atoms with Gasteiger partial charge in [-0.05, 0) is 281 Å². The van der Waals surface area contributed by atoms with Crippen LogP contribution in [-0.2, 0) is 18.6 Å². The summed E-state index contributed by atoms with van der Waals surface area (Å²) in [6, 6.07) is 75.7. The number of anilines is 1. The van der Waals surface area contributed by atoms with Gasteiger partial charge in [-0.25, -0.2) is 0 Å². The summed E-state index contributed by atoms with van der Waals surface area (Å²) in [5, 5.41) is 84.6. The summed E-state index contributed by atoms with van der Waals surface area (Å²) >= 11 is 21.9. The summed E-state index contributed by atoms with van der Waals surface area (Å²) in [6.45, 7) is 28.5. The summed E-state index contributed by atoms with van der Waals surface area (Å²) in [6.07, 6.45) is 6.93. The molecule has 2 aliphatic heterocycles. The maximum atomic E-state index is 13.3. The molecule has 2 aliphatic rings. The maximum absolute atomic E-state index is 13.3. The molecule has 0 spiro atoms. The molecule has 2 saturated heterocycles. The zero-order valence-corrected chi connectivity index (χ0v) is 99.0. The monoisotopic (exact) mass is 2810 g/mol. The van der Waals surface area contributed by atoms with Gasteiger partial charge in [0.15, 0.2) is 17.3 Å². The van der Waals surface area contributed by atoms with Crippen LogP contribution in [0.1, 0.15) is 175 Å². The van der Waals surface area contributed by atoms with Crippen molar-refractivity contribution in [1.29, 1.82) is 21.0 Å². The van der Waals surface area contributed by atoms with Crippen molar-refractivity contribution in [1.82, 2.24) is 38.0 Å². The quantitative estimate of drug-likeness (QED) is 0.0154. The van der Waals surface area contributed by atoms with Crippen molar-refractivity contribution >= 4 is 281 Å². The first kappa shape index (κ1) is 124. The van der Waals surface area contributed by atoms with E-state index in [4.69, 9.17) is 38.4 Å². The summed E-state index contributed by atoms with van der Waals surface area (Å²) in [7, 11) is 0. The molecule has 28 nitrogen and oxygen atoms in total. The van der Waals surface area contributed by atoms with Gasteiger partial charge < -0.3 is 56.6 Å². The molecule has 0 amide bonds. The van der Waals surface area contributed by atoms with Gasteiger partial charge in [0.05, 0.1) is 109 Å². The topological polar surface area (TPSA) is 403 Å². The van der Waals surface area contributed by atoms with Crippen molar-refractivity contribution in [3.8, 4) is 47.0 Å². The van der Waals surface area contributed by atoms with Crippen LogP contribution < -0.4 is 5.73 Å². The number of alkyl halides is 7. The summed E-state index contributed by atoms with van der Waals surface area (Å²) < 4.78 is 12.2. The first-order chi connectivity index (χ1) is 68.7. The number of nitriles is 4. The Labute approximate surface area is 962 Å². The Morgan fingerprint density at radius 2 is 0.740 bits per heavy atom. The fraction of sp³-hybridized carbons (Fsp3) is 0.266. The number of nitrogens with one attached hydrogen (secondary N) is 2. The van der Waals surface area contributed by atoms with Crippen molar-refractivity contribution in [3.05, 3.63) is 349 Å². The number of nitrogens with two attached hydrogens (primary N) is 1. The summed E-state index contributed by atoms with van der Waals surface area (Å²) in [5.41, 5.74) is 25.1. The molecular formula is C109H112ClI7N17O11V-. The Kier molecular flexibility index (Phi) is 52.0. The maximum Gasteiger partial charge on any atom is 0.270 e. The SMILES string of the molecule is C.CC.CC(I)(I)I.CC(I)I.CCI.C[CH-]I.Cc1c(C(=O)CCl)c2cc([N+](=O)[O-])ccc2n1-c1ccc(C#N)cc1.Cc1c(C(=O)CN2CCCCC2)c2cc(N)ccc2n1-c1ccc(C#N)cc1.Cc1c(C(=O)CN2CCCCC2)c2cc([N+](=O)[O-])ccc2n1-c1ccc(C#N)cc1.Cc1cc2cc([N+](=O)[O-])ccc2[nH]1.Cc1cc2cc([N+](=O)[O-])ccc2n1-c1ccc(C#N)cc1.Cc1cc2ccccc2[nH]1.[V]. The number of ketones is 3. The van der Waals surface area contributed by atoms with Crippen LogP contribution in [0.4, 0.5) is 28.4 Å². The second-order valence-electron chi connectivity index (χ2n) is 32.7. The molecule has 0 atom stereocenters. The van der Waals surface area contributed by atoms with Gasteiger partial charge in [0.1, 0.15) is -0.565 Å². The number of hydrogen-bond acceptors (Lipinski definition) is 18. The number of carbonyl (C=O) groups excluding carboxylic acids is 3. The van der Waals surface area contributed by atoms with Gasteiger partial charge in [-0.2, -0.15) is 28.0 Å². The van der Waals surface area contributed by atoms with Crippen LogP contribution in [0.2, 0.25) is 0 Å². The van der Waals surface area contributed by atoms with E-state index in [9.17, 15) is 54.8 Å². The Hall–Kier alpha value is -10.3. The van der Waals surface area contributed by atoms with Gasteiger partial charge in [-0.15, -0.1) is 11.6 Å². The van der Waals surface area contributed by atoms with Crippen molar-refractivity contribution in [2.45, 2.75) is 130 Å². The Bertz CT molecular complexity index is 7340. The predicted octanol–water partition coefficient (Wildman–Crippen LogP) is 31.0. The minimum absolute atomic E-state index is 0. The van der Waals surface area contributed by atoms with Gasteiger partial charge in [0.25, 0.3) is 22.7 Å². The minimum atomic E-state index is -0.497. The number of nitro benzene ring substituents is 4. The molecule has 16 aromatic rings. The van der Waals surface area contributed by atoms with E-state index in [-0.39, 0.29) is 76.9 Å². The number of halogens is 8. The number of piperidine rings is 2. The number of para-hydroxylation sites is 1. The van der Waals surface area contributed by atoms with Crippen LogP contribution in [-0.4, -0.2) is 126 Å². The zero-order valence-electron chi connectivity index (χ0n) is 81.8. The van der Waals surface area contributed by atoms with Crippen molar-refractivity contribution in [3.63, 3.8) is 0 Å². The average molecular weight is 2810 g/mol. The molecule has 0 unspecified atom stereocenters. The van der Waals surface area contributed by atoms with Crippen molar-refractivity contribution in [2.75, 3.05) is 55.3 Å². The van der Waals surface area contributed by atoms with Gasteiger partial charge in [0, 0.05) is 184 Å². The molecule has 4 N–H and O–H groups in total. The first-order valence-corrected chi connectivity index (χ1v) is 54.7. The molecule has 1 radical (unpaired) electrons. The van der Waals surface area contributed by atoms with E-state index in [0.717, 1.165) is 143 Å². The van der Waals surface area contributed by atoms with Crippen LogP contribution >= 0.6 is 170 Å². The number of Topliss-reactive ketones (excluding diaryl/α,β-unsaturated/α-hetero) is 3. The number of carbonyl (C=O) groups is 3. The van der Waals surface area contributed by atoms with Gasteiger partial charge in [0.2, 0.25) is 0 Å². The number of non-ortho nitro benzene ring substituents is 4. The van der Waals surface area contributed by atoms with E-state index in [1.165, 1.54) is 70.3 Å². The minimum Gasteiger partial charge on any atom is -0.399 e. The third kappa shape index (κ3) is 34.9. The number of aryl methyl sites for hydroxylation is 3. The third-order valence-corrected chi connectivity index (χ3v) is 22.7. The largest absolute Gasteiger partial charge is 0.399 e. The molecule has 0 bridgehead atoms. The van der Waals surface area contributed by atoms with E-state index in [2.05, 4.69) is 259 Å². The molecule has 6 aromatic heterocycles. The molecule has 18 rings (SSSR count). The molecule has 0 aliphatic carbocycles. The third-order valence-electron chi connectivity index (χ3n) is 22.4. The number of nitrogens with zero attached hydrogens (tertiary/aromatic N) is 14. The summed E-state index contributed by atoms with van der Waals surface area (Å²) in [4.78, 5) is 91.7. The normalized spacial score (nSPS) is 11.8. The zero-order chi connectivity index (χ0) is 106. The van der Waals surface area contributed by atoms with E-state index in [1.807, 2.05) is 139 Å². The van der Waals surface area contributed by atoms with E-state index in [1.54, 1.807) is 104 Å². The number of aromatic nitrogens is 6. The molecule has 37 heteroatoms. The Morgan fingerprint density at radius 3 is 1.08 bits per heavy atom. The van der Waals surface area contributed by atoms with Crippen LogP contribution in [0, 0.1) is 132 Å². The van der Waals surface area contributed by atoms with Crippen LogP contribution in [0.5, 0.6) is 0 Å². The number of benzene rings is 10. The summed E-state index contributed by atoms with van der Waals surface area (Å²) in [5.74, 6) is -0.387. The van der Waals surface area contributed by atoms with Crippen LogP contribution in [0.15, 0.2) is 231 Å². The number of likely N-dealkylation sites (tertiary alicyclic amines) is 2. The number of H-pyrrole nitrogens is 2. The predicted molar refractivity (Wildman–Crippen MR) is 647 cm³/mol. The molecule has 146 heavy (non-hydrogen) atoms. The molecule has 8 heterocycles. The van der Waals surface area contributed by atoms with Gasteiger partial charge in [-0.1, -0.05) is 195 Å². The molecule has 10 aromatic carbocycles. The molecular weight excluding hydrogens is 2700 g/mol. The number of rotatable bonds is 16. The fourth-order valence-electron chi connectivity index (χ4n) is 16.5. The van der Waals surface area contributed by atoms with Gasteiger partial charge in [-0.3, -0.25) is 69.1 Å². The number of nitrogen functional groups attached to an aromatic ring is 1. The number of aromatic amines is 2. The molecule has 761 valence electrons. The molecule has 2 fully saturated rings. The second kappa shape index (κ2) is 61.0.